The lowest BCUT2D eigenvalue weighted by atomic mass is 10.2. The van der Waals surface area contributed by atoms with Gasteiger partial charge < -0.3 is 5.11 Å². The molecule has 0 heterocycles. The molecule has 6 heteroatoms. The number of carboxylic acids is 1. The van der Waals surface area contributed by atoms with Crippen LogP contribution in [0.4, 0.5) is 0 Å². The first-order valence-electron chi connectivity index (χ1n) is 5.61. The Morgan fingerprint density at radius 1 is 1.39 bits per heavy atom. The molecule has 0 fully saturated rings. The van der Waals surface area contributed by atoms with E-state index >= 15 is 0 Å². The van der Waals surface area contributed by atoms with E-state index in [4.69, 9.17) is 5.11 Å². The normalized spacial score (nSPS) is 13.6. The van der Waals surface area contributed by atoms with E-state index in [2.05, 4.69) is 0 Å². The van der Waals surface area contributed by atoms with E-state index in [1.165, 1.54) is 20.0 Å². The molecule has 0 saturated heterocycles. The van der Waals surface area contributed by atoms with E-state index in [0.29, 0.717) is 12.0 Å². The Morgan fingerprint density at radius 3 is 2.44 bits per heavy atom. The molecule has 1 aromatic rings. The van der Waals surface area contributed by atoms with Crippen molar-refractivity contribution in [3.8, 4) is 0 Å². The number of sulfonamides is 1. The van der Waals surface area contributed by atoms with Gasteiger partial charge >= 0.3 is 5.97 Å². The van der Waals surface area contributed by atoms with Crippen molar-refractivity contribution in [1.82, 2.24) is 4.31 Å². The zero-order valence-corrected chi connectivity index (χ0v) is 11.4. The van der Waals surface area contributed by atoms with Crippen LogP contribution in [0.5, 0.6) is 0 Å². The summed E-state index contributed by atoms with van der Waals surface area (Å²) in [4.78, 5) is 11.0. The number of hydrogen-bond acceptors (Lipinski definition) is 3. The number of aryl methyl sites for hydroxylation is 1. The van der Waals surface area contributed by atoms with Crippen LogP contribution in [-0.2, 0) is 21.2 Å². The van der Waals surface area contributed by atoms with Crippen LogP contribution in [0.1, 0.15) is 19.4 Å². The SMILES string of the molecule is CCc1ccccc1S(=O)(=O)N(C)C(C)C(=O)O. The van der Waals surface area contributed by atoms with Gasteiger partial charge in [-0.05, 0) is 25.0 Å². The number of aliphatic carboxylic acids is 1. The molecule has 0 bridgehead atoms. The average Bonchev–Trinajstić information content (AvgIpc) is 2.36. The van der Waals surface area contributed by atoms with Gasteiger partial charge in [-0.15, -0.1) is 0 Å². The summed E-state index contributed by atoms with van der Waals surface area (Å²) in [6.07, 6.45) is 0.574. The highest BCUT2D eigenvalue weighted by molar-refractivity contribution is 7.89. The average molecular weight is 271 g/mol. The fraction of sp³-hybridized carbons (Fsp3) is 0.417. The lowest BCUT2D eigenvalue weighted by Crippen LogP contribution is -2.40. The highest BCUT2D eigenvalue weighted by Crippen LogP contribution is 2.21. The molecule has 0 spiro atoms. The topological polar surface area (TPSA) is 74.7 Å². The van der Waals surface area contributed by atoms with Gasteiger partial charge in [0.15, 0.2) is 0 Å². The Bertz CT molecular complexity index is 539. The van der Waals surface area contributed by atoms with E-state index in [0.717, 1.165) is 4.31 Å². The summed E-state index contributed by atoms with van der Waals surface area (Å²) in [5, 5.41) is 8.88. The second-order valence-corrected chi connectivity index (χ2v) is 5.96. The minimum Gasteiger partial charge on any atom is -0.480 e. The van der Waals surface area contributed by atoms with Crippen molar-refractivity contribution in [1.29, 1.82) is 0 Å². The predicted molar refractivity (Wildman–Crippen MR) is 67.9 cm³/mol. The van der Waals surface area contributed by atoms with Gasteiger partial charge in [0.05, 0.1) is 4.90 Å². The fourth-order valence-electron chi connectivity index (χ4n) is 1.57. The van der Waals surface area contributed by atoms with Crippen molar-refractivity contribution in [3.05, 3.63) is 29.8 Å². The molecule has 1 rings (SSSR count). The van der Waals surface area contributed by atoms with Crippen LogP contribution < -0.4 is 0 Å². The zero-order chi connectivity index (χ0) is 13.9. The molecule has 18 heavy (non-hydrogen) atoms. The van der Waals surface area contributed by atoms with Crippen molar-refractivity contribution in [3.63, 3.8) is 0 Å². The van der Waals surface area contributed by atoms with E-state index < -0.39 is 22.0 Å². The first-order valence-corrected chi connectivity index (χ1v) is 7.05. The first kappa shape index (κ1) is 14.7. The number of hydrogen-bond donors (Lipinski definition) is 1. The highest BCUT2D eigenvalue weighted by Gasteiger charge is 2.30. The Labute approximate surface area is 107 Å². The van der Waals surface area contributed by atoms with Crippen molar-refractivity contribution in [2.75, 3.05) is 7.05 Å². The maximum Gasteiger partial charge on any atom is 0.321 e. The standard InChI is InChI=1S/C12H17NO4S/c1-4-10-7-5-6-8-11(10)18(16,17)13(3)9(2)12(14)15/h5-9H,4H2,1-3H3,(H,14,15). The maximum absolute atomic E-state index is 12.3. The minimum atomic E-state index is -3.77. The van der Waals surface area contributed by atoms with Crippen LogP contribution in [0.15, 0.2) is 29.2 Å². The quantitative estimate of drug-likeness (QED) is 0.877. The molecular weight excluding hydrogens is 254 g/mol. The molecule has 0 aliphatic heterocycles. The molecule has 5 nitrogen and oxygen atoms in total. The minimum absolute atomic E-state index is 0.170. The third-order valence-corrected chi connectivity index (χ3v) is 4.94. The summed E-state index contributed by atoms with van der Waals surface area (Å²) in [5.41, 5.74) is 0.682. The van der Waals surface area contributed by atoms with Crippen molar-refractivity contribution in [2.24, 2.45) is 0 Å². The van der Waals surface area contributed by atoms with Crippen LogP contribution in [0, 0.1) is 0 Å². The second-order valence-electron chi connectivity index (χ2n) is 4.00. The van der Waals surface area contributed by atoms with Gasteiger partial charge in [0.2, 0.25) is 10.0 Å². The number of carboxylic acid groups (broad SMARTS) is 1. The van der Waals surface area contributed by atoms with E-state index in [-0.39, 0.29) is 4.90 Å². The van der Waals surface area contributed by atoms with E-state index in [1.807, 2.05) is 6.92 Å². The Balaban J connectivity index is 3.25. The summed E-state index contributed by atoms with van der Waals surface area (Å²) < 4.78 is 25.5. The van der Waals surface area contributed by atoms with E-state index in [9.17, 15) is 13.2 Å². The van der Waals surface area contributed by atoms with Crippen LogP contribution in [0.3, 0.4) is 0 Å². The van der Waals surface area contributed by atoms with Crippen LogP contribution in [0.2, 0.25) is 0 Å². The number of carbonyl (C=O) groups is 1. The second kappa shape index (κ2) is 5.49. The molecule has 100 valence electrons. The van der Waals surface area contributed by atoms with Crippen molar-refractivity contribution < 1.29 is 18.3 Å². The molecule has 0 saturated carbocycles. The monoisotopic (exact) mass is 271 g/mol. The lowest BCUT2D eigenvalue weighted by Gasteiger charge is -2.22. The summed E-state index contributed by atoms with van der Waals surface area (Å²) in [6, 6.07) is 5.52. The van der Waals surface area contributed by atoms with Gasteiger partial charge in [0, 0.05) is 7.05 Å². The van der Waals surface area contributed by atoms with Gasteiger partial charge in [0.25, 0.3) is 0 Å². The third-order valence-electron chi connectivity index (χ3n) is 2.91. The fourth-order valence-corrected chi connectivity index (χ4v) is 3.18. The van der Waals surface area contributed by atoms with Crippen LogP contribution >= 0.6 is 0 Å². The number of likely N-dealkylation sites (N-methyl/N-ethyl adjacent to an activating group) is 1. The van der Waals surface area contributed by atoms with Gasteiger partial charge in [0.1, 0.15) is 6.04 Å². The summed E-state index contributed by atoms with van der Waals surface area (Å²) in [5.74, 6) is -1.17. The molecule has 1 N–H and O–H groups in total. The number of rotatable bonds is 5. The summed E-state index contributed by atoms with van der Waals surface area (Å²) >= 11 is 0. The molecule has 0 aliphatic rings. The molecule has 0 aromatic heterocycles. The Morgan fingerprint density at radius 2 is 1.94 bits per heavy atom. The van der Waals surface area contributed by atoms with Gasteiger partial charge in [-0.2, -0.15) is 4.31 Å². The van der Waals surface area contributed by atoms with Crippen molar-refractivity contribution in [2.45, 2.75) is 31.2 Å². The number of nitrogens with zero attached hydrogens (tertiary/aromatic N) is 1. The molecule has 0 radical (unpaired) electrons. The Kier molecular flexibility index (Phi) is 4.48. The van der Waals surface area contributed by atoms with Gasteiger partial charge in [-0.3, -0.25) is 4.79 Å². The molecule has 1 unspecified atom stereocenters. The smallest absolute Gasteiger partial charge is 0.321 e. The lowest BCUT2D eigenvalue weighted by molar-refractivity contribution is -0.140. The highest BCUT2D eigenvalue weighted by atomic mass is 32.2. The molecular formula is C12H17NO4S. The van der Waals surface area contributed by atoms with Crippen LogP contribution in [-0.4, -0.2) is 36.9 Å². The first-order chi connectivity index (χ1) is 8.32. The molecule has 1 atom stereocenters. The molecule has 0 amide bonds. The maximum atomic E-state index is 12.3. The summed E-state index contributed by atoms with van der Waals surface area (Å²) in [7, 11) is -2.50. The largest absolute Gasteiger partial charge is 0.480 e. The van der Waals surface area contributed by atoms with Crippen LogP contribution in [0.25, 0.3) is 0 Å². The van der Waals surface area contributed by atoms with Gasteiger partial charge in [-0.25, -0.2) is 8.42 Å². The number of benzene rings is 1. The van der Waals surface area contributed by atoms with E-state index in [1.54, 1.807) is 18.2 Å². The zero-order valence-electron chi connectivity index (χ0n) is 10.6. The van der Waals surface area contributed by atoms with Crippen molar-refractivity contribution >= 4 is 16.0 Å². The molecule has 0 aliphatic carbocycles. The van der Waals surface area contributed by atoms with Gasteiger partial charge in [-0.1, -0.05) is 25.1 Å². The third kappa shape index (κ3) is 2.70. The summed E-state index contributed by atoms with van der Waals surface area (Å²) in [6.45, 7) is 3.20. The predicted octanol–water partition coefficient (Wildman–Crippen LogP) is 1.34. The Hall–Kier alpha value is -1.40. The molecule has 1 aromatic carbocycles.